The van der Waals surface area contributed by atoms with E-state index in [4.69, 9.17) is 4.74 Å². The third kappa shape index (κ3) is 6.11. The Labute approximate surface area is 144 Å². The van der Waals surface area contributed by atoms with Gasteiger partial charge in [-0.2, -0.15) is 0 Å². The first-order valence-electron chi connectivity index (χ1n) is 8.91. The molecule has 0 unspecified atom stereocenters. The highest BCUT2D eigenvalue weighted by Crippen LogP contribution is 2.21. The SMILES string of the molecule is COC[C@](C)(CNC(=O)C[C@H]1C=CCC1)NC(=O)C[C@@H]1C=CCC1. The lowest BCUT2D eigenvalue weighted by Gasteiger charge is -2.31. The summed E-state index contributed by atoms with van der Waals surface area (Å²) in [4.78, 5) is 24.4. The Balaban J connectivity index is 1.79. The third-order valence-electron chi connectivity index (χ3n) is 4.70. The van der Waals surface area contributed by atoms with Crippen molar-refractivity contribution in [3.8, 4) is 0 Å². The lowest BCUT2D eigenvalue weighted by Crippen LogP contribution is -2.56. The summed E-state index contributed by atoms with van der Waals surface area (Å²) in [6.45, 7) is 2.65. The molecule has 0 heterocycles. The van der Waals surface area contributed by atoms with Gasteiger partial charge in [-0.3, -0.25) is 9.59 Å². The number of hydrogen-bond donors (Lipinski definition) is 2. The minimum absolute atomic E-state index is 0.0130. The third-order valence-corrected chi connectivity index (χ3v) is 4.70. The molecule has 0 aromatic carbocycles. The lowest BCUT2D eigenvalue weighted by molar-refractivity contribution is -0.126. The second-order valence-electron chi connectivity index (χ2n) is 7.26. The van der Waals surface area contributed by atoms with Gasteiger partial charge in [0.2, 0.25) is 11.8 Å². The number of allylic oxidation sites excluding steroid dienone is 4. The maximum Gasteiger partial charge on any atom is 0.221 e. The molecule has 2 amide bonds. The standard InChI is InChI=1S/C19H30N2O3/c1-19(14-24-2,21-18(23)12-16-9-5-6-10-16)13-20-17(22)11-15-7-3-4-8-15/h3,5,7,9,15-16H,4,6,8,10-14H2,1-2H3,(H,20,22)(H,21,23)/t15-,16+,19-/m0/s1. The fraction of sp³-hybridized carbons (Fsp3) is 0.684. The monoisotopic (exact) mass is 334 g/mol. The Kier molecular flexibility index (Phi) is 7.03. The Bertz CT molecular complexity index is 501. The minimum Gasteiger partial charge on any atom is -0.382 e. The fourth-order valence-electron chi connectivity index (χ4n) is 3.41. The van der Waals surface area contributed by atoms with Crippen molar-refractivity contribution in [1.82, 2.24) is 10.6 Å². The van der Waals surface area contributed by atoms with Gasteiger partial charge in [0.25, 0.3) is 0 Å². The van der Waals surface area contributed by atoms with Crippen LogP contribution in [0.15, 0.2) is 24.3 Å². The topological polar surface area (TPSA) is 67.4 Å². The average Bonchev–Trinajstić information content (AvgIpc) is 3.19. The highest BCUT2D eigenvalue weighted by atomic mass is 16.5. The van der Waals surface area contributed by atoms with Gasteiger partial charge in [0, 0.05) is 26.5 Å². The van der Waals surface area contributed by atoms with Gasteiger partial charge in [0.15, 0.2) is 0 Å². The van der Waals surface area contributed by atoms with Crippen LogP contribution in [0.1, 0.15) is 45.4 Å². The van der Waals surface area contributed by atoms with Crippen molar-refractivity contribution >= 4 is 11.8 Å². The molecule has 3 atom stereocenters. The molecule has 5 nitrogen and oxygen atoms in total. The number of carbonyl (C=O) groups excluding carboxylic acids is 2. The molecule has 2 N–H and O–H groups in total. The minimum atomic E-state index is -0.588. The van der Waals surface area contributed by atoms with Crippen LogP contribution in [-0.4, -0.2) is 37.6 Å². The Hall–Kier alpha value is -1.62. The van der Waals surface area contributed by atoms with E-state index in [1.54, 1.807) is 7.11 Å². The number of methoxy groups -OCH3 is 1. The van der Waals surface area contributed by atoms with Crippen molar-refractivity contribution < 1.29 is 14.3 Å². The zero-order chi connectivity index (χ0) is 17.4. The Morgan fingerprint density at radius 1 is 1.08 bits per heavy atom. The van der Waals surface area contributed by atoms with Crippen LogP contribution < -0.4 is 10.6 Å². The molecular formula is C19H30N2O3. The summed E-state index contributed by atoms with van der Waals surface area (Å²) in [5, 5.41) is 6.00. The highest BCUT2D eigenvalue weighted by Gasteiger charge is 2.28. The maximum absolute atomic E-state index is 12.3. The van der Waals surface area contributed by atoms with E-state index in [1.165, 1.54) is 0 Å². The van der Waals surface area contributed by atoms with Crippen LogP contribution >= 0.6 is 0 Å². The van der Waals surface area contributed by atoms with Crippen LogP contribution in [0.5, 0.6) is 0 Å². The molecule has 0 saturated carbocycles. The van der Waals surface area contributed by atoms with Gasteiger partial charge >= 0.3 is 0 Å². The van der Waals surface area contributed by atoms with E-state index in [9.17, 15) is 9.59 Å². The summed E-state index contributed by atoms with van der Waals surface area (Å²) in [5.41, 5.74) is -0.588. The van der Waals surface area contributed by atoms with E-state index in [0.717, 1.165) is 25.7 Å². The summed E-state index contributed by atoms with van der Waals surface area (Å²) in [7, 11) is 1.61. The van der Waals surface area contributed by atoms with Crippen LogP contribution in [0.4, 0.5) is 0 Å². The van der Waals surface area contributed by atoms with Crippen molar-refractivity contribution in [2.45, 2.75) is 51.0 Å². The van der Waals surface area contributed by atoms with Crippen LogP contribution in [0, 0.1) is 11.8 Å². The molecule has 2 aliphatic rings. The van der Waals surface area contributed by atoms with Gasteiger partial charge in [0.1, 0.15) is 0 Å². The number of ether oxygens (including phenoxy) is 1. The predicted molar refractivity (Wildman–Crippen MR) is 94.4 cm³/mol. The number of carbonyl (C=O) groups is 2. The summed E-state index contributed by atoms with van der Waals surface area (Å²) < 4.78 is 5.25. The Morgan fingerprint density at radius 2 is 1.67 bits per heavy atom. The summed E-state index contributed by atoms with van der Waals surface area (Å²) >= 11 is 0. The molecule has 24 heavy (non-hydrogen) atoms. The number of rotatable bonds is 9. The van der Waals surface area contributed by atoms with Crippen molar-refractivity contribution in [1.29, 1.82) is 0 Å². The predicted octanol–water partition coefficient (Wildman–Crippen LogP) is 2.34. The molecule has 0 fully saturated rings. The molecule has 0 aromatic heterocycles. The zero-order valence-electron chi connectivity index (χ0n) is 14.8. The van der Waals surface area contributed by atoms with Crippen molar-refractivity contribution in [2.75, 3.05) is 20.3 Å². The maximum atomic E-state index is 12.3. The van der Waals surface area contributed by atoms with E-state index in [0.29, 0.717) is 37.8 Å². The first kappa shape index (κ1) is 18.7. The summed E-state index contributed by atoms with van der Waals surface area (Å²) in [6.07, 6.45) is 13.7. The smallest absolute Gasteiger partial charge is 0.221 e. The van der Waals surface area contributed by atoms with Gasteiger partial charge < -0.3 is 15.4 Å². The molecule has 5 heteroatoms. The number of nitrogens with one attached hydrogen (secondary N) is 2. The quantitative estimate of drug-likeness (QED) is 0.636. The largest absolute Gasteiger partial charge is 0.382 e. The second kappa shape index (κ2) is 9.02. The van der Waals surface area contributed by atoms with Crippen LogP contribution in [0.2, 0.25) is 0 Å². The van der Waals surface area contributed by atoms with Gasteiger partial charge in [-0.05, 0) is 44.4 Å². The first-order valence-corrected chi connectivity index (χ1v) is 8.91. The van der Waals surface area contributed by atoms with Crippen molar-refractivity contribution in [3.05, 3.63) is 24.3 Å². The molecule has 0 aliphatic heterocycles. The van der Waals surface area contributed by atoms with Gasteiger partial charge in [-0.15, -0.1) is 0 Å². The van der Waals surface area contributed by atoms with E-state index < -0.39 is 5.54 Å². The fourth-order valence-corrected chi connectivity index (χ4v) is 3.41. The van der Waals surface area contributed by atoms with Crippen LogP contribution in [0.3, 0.4) is 0 Å². The van der Waals surface area contributed by atoms with Crippen LogP contribution in [-0.2, 0) is 14.3 Å². The molecule has 0 aromatic rings. The number of hydrogen-bond acceptors (Lipinski definition) is 3. The summed E-state index contributed by atoms with van der Waals surface area (Å²) in [5.74, 6) is 0.726. The lowest BCUT2D eigenvalue weighted by atomic mass is 10.00. The summed E-state index contributed by atoms with van der Waals surface area (Å²) in [6, 6.07) is 0. The van der Waals surface area contributed by atoms with Crippen molar-refractivity contribution in [2.24, 2.45) is 11.8 Å². The van der Waals surface area contributed by atoms with E-state index in [2.05, 4.69) is 34.9 Å². The second-order valence-corrected chi connectivity index (χ2v) is 7.26. The van der Waals surface area contributed by atoms with E-state index in [-0.39, 0.29) is 11.8 Å². The molecule has 134 valence electrons. The molecule has 2 rings (SSSR count). The van der Waals surface area contributed by atoms with Gasteiger partial charge in [0.05, 0.1) is 12.1 Å². The van der Waals surface area contributed by atoms with E-state index in [1.807, 2.05) is 6.92 Å². The molecule has 0 saturated heterocycles. The molecule has 0 radical (unpaired) electrons. The van der Waals surface area contributed by atoms with Gasteiger partial charge in [-0.1, -0.05) is 24.3 Å². The van der Waals surface area contributed by atoms with Crippen molar-refractivity contribution in [3.63, 3.8) is 0 Å². The average molecular weight is 334 g/mol. The molecular weight excluding hydrogens is 304 g/mol. The molecule has 2 aliphatic carbocycles. The molecule has 0 spiro atoms. The first-order chi connectivity index (χ1) is 11.5. The molecule has 0 bridgehead atoms. The Morgan fingerprint density at radius 3 is 2.17 bits per heavy atom. The van der Waals surface area contributed by atoms with Crippen LogP contribution in [0.25, 0.3) is 0 Å². The highest BCUT2D eigenvalue weighted by molar-refractivity contribution is 5.78. The zero-order valence-corrected chi connectivity index (χ0v) is 14.8. The van der Waals surface area contributed by atoms with Gasteiger partial charge in [-0.25, -0.2) is 0 Å². The number of amides is 2. The van der Waals surface area contributed by atoms with E-state index >= 15 is 0 Å². The normalized spacial score (nSPS) is 24.8.